The molecule has 33 heavy (non-hydrogen) atoms. The van der Waals surface area contributed by atoms with E-state index in [9.17, 15) is 19.7 Å². The SMILES string of the molecule is CN(C)c1ccc(N2C(=O)CS[C@H]2c2cccc(NC(=O)c3cccc([N+](=O)[O-])c3)c2)cc1. The number of non-ortho nitro benzene ring substituents is 1. The molecule has 0 aromatic heterocycles. The normalized spacial score (nSPS) is 15.4. The molecule has 0 bridgehead atoms. The zero-order chi connectivity index (χ0) is 23.5. The van der Waals surface area contributed by atoms with Gasteiger partial charge in [0.25, 0.3) is 11.6 Å². The van der Waals surface area contributed by atoms with Crippen LogP contribution in [0.2, 0.25) is 0 Å². The van der Waals surface area contributed by atoms with Crippen molar-refractivity contribution in [1.29, 1.82) is 0 Å². The number of benzene rings is 3. The molecular formula is C24H22N4O4S. The Morgan fingerprint density at radius 3 is 2.52 bits per heavy atom. The van der Waals surface area contributed by atoms with Crippen molar-refractivity contribution in [2.45, 2.75) is 5.37 Å². The lowest BCUT2D eigenvalue weighted by atomic mass is 10.1. The van der Waals surface area contributed by atoms with E-state index in [4.69, 9.17) is 0 Å². The van der Waals surface area contributed by atoms with E-state index in [0.717, 1.165) is 16.9 Å². The van der Waals surface area contributed by atoms with E-state index >= 15 is 0 Å². The number of nitrogens with one attached hydrogen (secondary N) is 1. The van der Waals surface area contributed by atoms with Gasteiger partial charge in [0.15, 0.2) is 0 Å². The maximum atomic E-state index is 12.7. The van der Waals surface area contributed by atoms with E-state index in [1.807, 2.05) is 61.5 Å². The Kier molecular flexibility index (Phi) is 6.32. The van der Waals surface area contributed by atoms with Crippen LogP contribution in [0.4, 0.5) is 22.7 Å². The summed E-state index contributed by atoms with van der Waals surface area (Å²) in [4.78, 5) is 39.5. The van der Waals surface area contributed by atoms with Crippen LogP contribution < -0.4 is 15.1 Å². The third-order valence-corrected chi connectivity index (χ3v) is 6.47. The first kappa shape index (κ1) is 22.3. The fourth-order valence-corrected chi connectivity index (χ4v) is 4.76. The summed E-state index contributed by atoms with van der Waals surface area (Å²) in [5, 5.41) is 13.6. The van der Waals surface area contributed by atoms with Gasteiger partial charge >= 0.3 is 0 Å². The summed E-state index contributed by atoms with van der Waals surface area (Å²) < 4.78 is 0. The molecule has 1 fully saturated rings. The highest BCUT2D eigenvalue weighted by atomic mass is 32.2. The second-order valence-electron chi connectivity index (χ2n) is 7.72. The molecule has 1 aliphatic rings. The number of nitro groups is 1. The number of amides is 2. The van der Waals surface area contributed by atoms with E-state index in [2.05, 4.69) is 5.32 Å². The fourth-order valence-electron chi connectivity index (χ4n) is 3.60. The summed E-state index contributed by atoms with van der Waals surface area (Å²) in [5.41, 5.74) is 3.33. The van der Waals surface area contributed by atoms with Crippen molar-refractivity contribution in [3.05, 3.63) is 94.0 Å². The second kappa shape index (κ2) is 9.33. The van der Waals surface area contributed by atoms with Crippen molar-refractivity contribution in [2.24, 2.45) is 0 Å². The number of hydrogen-bond donors (Lipinski definition) is 1. The molecule has 3 aromatic rings. The third kappa shape index (κ3) is 4.83. The average molecular weight is 463 g/mol. The number of rotatable bonds is 6. The van der Waals surface area contributed by atoms with Crippen LogP contribution in [0, 0.1) is 10.1 Å². The average Bonchev–Trinajstić information content (AvgIpc) is 3.20. The number of thioether (sulfide) groups is 1. The number of nitro benzene ring substituents is 1. The molecule has 0 aliphatic carbocycles. The molecule has 4 rings (SSSR count). The van der Waals surface area contributed by atoms with Crippen molar-refractivity contribution < 1.29 is 14.5 Å². The van der Waals surface area contributed by atoms with Gasteiger partial charge in [-0.2, -0.15) is 0 Å². The van der Waals surface area contributed by atoms with Gasteiger partial charge in [-0.05, 0) is 48.0 Å². The van der Waals surface area contributed by atoms with Crippen LogP contribution in [-0.4, -0.2) is 36.6 Å². The minimum absolute atomic E-state index is 0.0219. The molecule has 1 saturated heterocycles. The highest BCUT2D eigenvalue weighted by Gasteiger charge is 2.34. The van der Waals surface area contributed by atoms with Gasteiger partial charge in [-0.25, -0.2) is 0 Å². The number of anilines is 3. The Morgan fingerprint density at radius 1 is 1.09 bits per heavy atom. The lowest BCUT2D eigenvalue weighted by Gasteiger charge is -2.25. The molecule has 1 atom stereocenters. The minimum atomic E-state index is -0.536. The highest BCUT2D eigenvalue weighted by molar-refractivity contribution is 8.00. The van der Waals surface area contributed by atoms with E-state index in [0.29, 0.717) is 11.4 Å². The molecule has 1 N–H and O–H groups in total. The second-order valence-corrected chi connectivity index (χ2v) is 8.79. The molecule has 0 unspecified atom stereocenters. The summed E-state index contributed by atoms with van der Waals surface area (Å²) in [6, 6.07) is 20.7. The van der Waals surface area contributed by atoms with Crippen LogP contribution in [0.1, 0.15) is 21.3 Å². The summed E-state index contributed by atoms with van der Waals surface area (Å²) in [6.07, 6.45) is 0. The Hall–Kier alpha value is -3.85. The monoisotopic (exact) mass is 462 g/mol. The molecule has 8 nitrogen and oxygen atoms in total. The topological polar surface area (TPSA) is 95.8 Å². The lowest BCUT2D eigenvalue weighted by Crippen LogP contribution is -2.27. The van der Waals surface area contributed by atoms with Crippen molar-refractivity contribution in [1.82, 2.24) is 0 Å². The van der Waals surface area contributed by atoms with Gasteiger partial charge in [0.05, 0.1) is 10.7 Å². The van der Waals surface area contributed by atoms with E-state index in [1.165, 1.54) is 36.0 Å². The summed E-state index contributed by atoms with van der Waals surface area (Å²) >= 11 is 1.52. The quantitative estimate of drug-likeness (QED) is 0.422. The molecule has 1 aliphatic heterocycles. The smallest absolute Gasteiger partial charge is 0.270 e. The van der Waals surface area contributed by atoms with E-state index < -0.39 is 10.8 Å². The van der Waals surface area contributed by atoms with Crippen LogP contribution in [0.3, 0.4) is 0 Å². The zero-order valence-corrected chi connectivity index (χ0v) is 18.9. The predicted molar refractivity (Wildman–Crippen MR) is 131 cm³/mol. The van der Waals surface area contributed by atoms with Gasteiger partial charge in [-0.15, -0.1) is 11.8 Å². The van der Waals surface area contributed by atoms with Crippen molar-refractivity contribution in [3.8, 4) is 0 Å². The summed E-state index contributed by atoms with van der Waals surface area (Å²) in [7, 11) is 3.92. The molecule has 1 heterocycles. The third-order valence-electron chi connectivity index (χ3n) is 5.26. The fraction of sp³-hybridized carbons (Fsp3) is 0.167. The Morgan fingerprint density at radius 2 is 1.82 bits per heavy atom. The molecule has 2 amide bonds. The maximum absolute atomic E-state index is 12.7. The van der Waals surface area contributed by atoms with Crippen LogP contribution in [0.15, 0.2) is 72.8 Å². The number of carbonyl (C=O) groups is 2. The van der Waals surface area contributed by atoms with Gasteiger partial charge in [-0.3, -0.25) is 24.6 Å². The zero-order valence-electron chi connectivity index (χ0n) is 18.1. The maximum Gasteiger partial charge on any atom is 0.270 e. The van der Waals surface area contributed by atoms with Gasteiger partial charge in [0, 0.05) is 48.9 Å². The van der Waals surface area contributed by atoms with Crippen molar-refractivity contribution in [3.63, 3.8) is 0 Å². The molecule has 9 heteroatoms. The Labute approximate surface area is 195 Å². The lowest BCUT2D eigenvalue weighted by molar-refractivity contribution is -0.384. The molecule has 3 aromatic carbocycles. The first-order valence-electron chi connectivity index (χ1n) is 10.2. The van der Waals surface area contributed by atoms with Crippen LogP contribution in [-0.2, 0) is 4.79 Å². The van der Waals surface area contributed by atoms with Crippen LogP contribution in [0.25, 0.3) is 0 Å². The predicted octanol–water partition coefficient (Wildman–Crippen LogP) is 4.69. The number of hydrogen-bond acceptors (Lipinski definition) is 6. The van der Waals surface area contributed by atoms with Gasteiger partial charge in [0.2, 0.25) is 5.91 Å². The van der Waals surface area contributed by atoms with Gasteiger partial charge < -0.3 is 10.2 Å². The minimum Gasteiger partial charge on any atom is -0.378 e. The summed E-state index contributed by atoms with van der Waals surface area (Å²) in [5.74, 6) is -0.0551. The van der Waals surface area contributed by atoms with Crippen molar-refractivity contribution in [2.75, 3.05) is 35.0 Å². The Balaban J connectivity index is 1.56. The van der Waals surface area contributed by atoms with Gasteiger partial charge in [0.1, 0.15) is 5.37 Å². The molecule has 168 valence electrons. The molecule has 0 spiro atoms. The molecular weight excluding hydrogens is 440 g/mol. The van der Waals surface area contributed by atoms with Crippen LogP contribution in [0.5, 0.6) is 0 Å². The first-order chi connectivity index (χ1) is 15.8. The highest BCUT2D eigenvalue weighted by Crippen LogP contribution is 2.42. The standard InChI is InChI=1S/C24H22N4O4S/c1-26(2)19-9-11-20(12-10-19)27-22(29)15-33-24(27)17-6-3-7-18(13-17)25-23(30)16-5-4-8-21(14-16)28(31)32/h3-14,24H,15H2,1-2H3,(H,25,30)/t24-/m0/s1. The summed E-state index contributed by atoms with van der Waals surface area (Å²) in [6.45, 7) is 0. The number of nitrogens with zero attached hydrogens (tertiary/aromatic N) is 3. The van der Waals surface area contributed by atoms with Crippen molar-refractivity contribution >= 4 is 46.3 Å². The number of carbonyl (C=O) groups excluding carboxylic acids is 2. The largest absolute Gasteiger partial charge is 0.378 e. The van der Waals surface area contributed by atoms with Gasteiger partial charge in [-0.1, -0.05) is 18.2 Å². The molecule has 0 saturated carbocycles. The van der Waals surface area contributed by atoms with Crippen LogP contribution >= 0.6 is 11.8 Å². The van der Waals surface area contributed by atoms with E-state index in [-0.39, 0.29) is 22.5 Å². The van der Waals surface area contributed by atoms with E-state index in [1.54, 1.807) is 11.0 Å². The Bertz CT molecular complexity index is 1210. The molecule has 0 radical (unpaired) electrons. The first-order valence-corrected chi connectivity index (χ1v) is 11.2.